The van der Waals surface area contributed by atoms with Crippen LogP contribution in [0.1, 0.15) is 36.6 Å². The second-order valence-electron chi connectivity index (χ2n) is 4.73. The molecule has 2 rings (SSSR count). The van der Waals surface area contributed by atoms with E-state index in [-0.39, 0.29) is 5.82 Å². The van der Waals surface area contributed by atoms with Crippen molar-refractivity contribution in [3.8, 4) is 0 Å². The molecule has 0 fully saturated rings. The van der Waals surface area contributed by atoms with Crippen molar-refractivity contribution in [3.05, 3.63) is 63.7 Å². The minimum Gasteiger partial charge on any atom is -0.350 e. The minimum atomic E-state index is -0.209. The predicted molar refractivity (Wildman–Crippen MR) is 74.9 cm³/mol. The summed E-state index contributed by atoms with van der Waals surface area (Å²) in [4.78, 5) is 3.25. The average molecular weight is 261 g/mol. The van der Waals surface area contributed by atoms with Crippen molar-refractivity contribution in [1.82, 2.24) is 4.98 Å². The number of H-pyrrole nitrogens is 1. The first kappa shape index (κ1) is 13.0. The van der Waals surface area contributed by atoms with Crippen molar-refractivity contribution in [1.29, 1.82) is 0 Å². The number of aromatic amines is 1. The average Bonchev–Trinajstić information content (AvgIpc) is 2.34. The van der Waals surface area contributed by atoms with Gasteiger partial charge in [-0.2, -0.15) is 0 Å². The van der Waals surface area contributed by atoms with E-state index in [0.717, 1.165) is 27.9 Å². The van der Waals surface area contributed by atoms with Crippen LogP contribution in [0.2, 0.25) is 0 Å². The van der Waals surface area contributed by atoms with Gasteiger partial charge in [0.2, 0.25) is 0 Å². The fourth-order valence-corrected chi connectivity index (χ4v) is 2.08. The van der Waals surface area contributed by atoms with Crippen LogP contribution in [0.15, 0.2) is 36.4 Å². The molecular formula is C15H16FNS. The van der Waals surface area contributed by atoms with E-state index in [9.17, 15) is 4.39 Å². The highest BCUT2D eigenvalue weighted by atomic mass is 32.1. The highest BCUT2D eigenvalue weighted by molar-refractivity contribution is 7.71. The Balaban J connectivity index is 2.25. The van der Waals surface area contributed by atoms with E-state index < -0.39 is 0 Å². The number of hydrogen-bond donors (Lipinski definition) is 1. The summed E-state index contributed by atoms with van der Waals surface area (Å²) in [6.45, 7) is 4.25. The maximum Gasteiger partial charge on any atom is 0.123 e. The summed E-state index contributed by atoms with van der Waals surface area (Å²) in [6, 6.07) is 10.7. The third-order valence-corrected chi connectivity index (χ3v) is 3.31. The Morgan fingerprint density at radius 2 is 1.78 bits per heavy atom. The first-order valence-electron chi connectivity index (χ1n) is 6.03. The Morgan fingerprint density at radius 3 is 2.33 bits per heavy atom. The lowest BCUT2D eigenvalue weighted by atomic mass is 10.0. The SMILES string of the molecule is CC(C)c1ccc(Cc2ccc(F)cc2)c(=S)[nH]1. The van der Waals surface area contributed by atoms with Gasteiger partial charge in [0, 0.05) is 12.1 Å². The molecular weight excluding hydrogens is 245 g/mol. The lowest BCUT2D eigenvalue weighted by molar-refractivity contribution is 0.627. The lowest BCUT2D eigenvalue weighted by Gasteiger charge is -2.08. The summed E-state index contributed by atoms with van der Waals surface area (Å²) in [5.41, 5.74) is 3.28. The Kier molecular flexibility index (Phi) is 3.92. The van der Waals surface area contributed by atoms with Gasteiger partial charge in [-0.25, -0.2) is 4.39 Å². The predicted octanol–water partition coefficient (Wildman–Crippen LogP) is 4.60. The summed E-state index contributed by atoms with van der Waals surface area (Å²) < 4.78 is 13.6. The van der Waals surface area contributed by atoms with Crippen LogP contribution in [0.25, 0.3) is 0 Å². The third-order valence-electron chi connectivity index (χ3n) is 2.94. The molecule has 0 aliphatic rings. The van der Waals surface area contributed by atoms with Crippen LogP contribution in [-0.4, -0.2) is 4.98 Å². The molecule has 1 nitrogen and oxygen atoms in total. The largest absolute Gasteiger partial charge is 0.350 e. The molecule has 0 radical (unpaired) electrons. The molecule has 1 aromatic carbocycles. The topological polar surface area (TPSA) is 15.8 Å². The van der Waals surface area contributed by atoms with Crippen LogP contribution in [0.4, 0.5) is 4.39 Å². The van der Waals surface area contributed by atoms with Gasteiger partial charge in [0.05, 0.1) is 0 Å². The van der Waals surface area contributed by atoms with Crippen molar-refractivity contribution >= 4 is 12.2 Å². The maximum absolute atomic E-state index is 12.8. The molecule has 0 unspecified atom stereocenters. The Bertz CT molecular complexity index is 584. The van der Waals surface area contributed by atoms with Gasteiger partial charge in [0.15, 0.2) is 0 Å². The van der Waals surface area contributed by atoms with Gasteiger partial charge < -0.3 is 4.98 Å². The molecule has 18 heavy (non-hydrogen) atoms. The molecule has 3 heteroatoms. The molecule has 0 aliphatic heterocycles. The molecule has 0 aliphatic carbocycles. The smallest absolute Gasteiger partial charge is 0.123 e. The molecule has 94 valence electrons. The minimum absolute atomic E-state index is 0.209. The maximum atomic E-state index is 12.8. The van der Waals surface area contributed by atoms with E-state index in [2.05, 4.69) is 31.0 Å². The van der Waals surface area contributed by atoms with Gasteiger partial charge in [-0.15, -0.1) is 0 Å². The van der Waals surface area contributed by atoms with Gasteiger partial charge in [0.25, 0.3) is 0 Å². The number of pyridine rings is 1. The molecule has 1 aromatic heterocycles. The Hall–Kier alpha value is -1.48. The van der Waals surface area contributed by atoms with Crippen LogP contribution in [0.3, 0.4) is 0 Å². The Labute approximate surface area is 112 Å². The quantitative estimate of drug-likeness (QED) is 0.798. The van der Waals surface area contributed by atoms with E-state index in [0.29, 0.717) is 5.92 Å². The molecule has 0 saturated carbocycles. The molecule has 0 atom stereocenters. The van der Waals surface area contributed by atoms with Crippen molar-refractivity contribution in [2.45, 2.75) is 26.2 Å². The summed E-state index contributed by atoms with van der Waals surface area (Å²) >= 11 is 5.35. The fraction of sp³-hybridized carbons (Fsp3) is 0.267. The number of aromatic nitrogens is 1. The van der Waals surface area contributed by atoms with Gasteiger partial charge >= 0.3 is 0 Å². The number of hydrogen-bond acceptors (Lipinski definition) is 1. The first-order valence-corrected chi connectivity index (χ1v) is 6.43. The van der Waals surface area contributed by atoms with E-state index in [1.165, 1.54) is 12.1 Å². The summed E-state index contributed by atoms with van der Waals surface area (Å²) in [5, 5.41) is 0. The molecule has 1 heterocycles. The molecule has 0 bridgehead atoms. The molecule has 1 N–H and O–H groups in total. The second kappa shape index (κ2) is 5.44. The summed E-state index contributed by atoms with van der Waals surface area (Å²) in [7, 11) is 0. The standard InChI is InChI=1S/C15H16FNS/c1-10(2)14-8-5-12(15(18)17-14)9-11-3-6-13(16)7-4-11/h3-8,10H,9H2,1-2H3,(H,17,18). The van der Waals surface area contributed by atoms with Crippen molar-refractivity contribution in [2.24, 2.45) is 0 Å². The zero-order chi connectivity index (χ0) is 13.1. The van der Waals surface area contributed by atoms with Gasteiger partial charge in [-0.3, -0.25) is 0 Å². The second-order valence-corrected chi connectivity index (χ2v) is 5.13. The highest BCUT2D eigenvalue weighted by Gasteiger charge is 2.03. The van der Waals surface area contributed by atoms with Crippen molar-refractivity contribution in [3.63, 3.8) is 0 Å². The zero-order valence-electron chi connectivity index (χ0n) is 10.5. The normalized spacial score (nSPS) is 10.9. The third kappa shape index (κ3) is 3.05. The fourth-order valence-electron chi connectivity index (χ4n) is 1.82. The molecule has 2 aromatic rings. The van der Waals surface area contributed by atoms with E-state index in [1.54, 1.807) is 12.1 Å². The first-order chi connectivity index (χ1) is 8.56. The van der Waals surface area contributed by atoms with Crippen LogP contribution >= 0.6 is 12.2 Å². The van der Waals surface area contributed by atoms with Crippen molar-refractivity contribution in [2.75, 3.05) is 0 Å². The molecule has 0 spiro atoms. The van der Waals surface area contributed by atoms with Crippen LogP contribution in [0.5, 0.6) is 0 Å². The van der Waals surface area contributed by atoms with E-state index >= 15 is 0 Å². The highest BCUT2D eigenvalue weighted by Crippen LogP contribution is 2.15. The van der Waals surface area contributed by atoms with Crippen LogP contribution in [-0.2, 0) is 6.42 Å². The van der Waals surface area contributed by atoms with E-state index in [1.807, 2.05) is 0 Å². The van der Waals surface area contributed by atoms with Crippen LogP contribution < -0.4 is 0 Å². The van der Waals surface area contributed by atoms with E-state index in [4.69, 9.17) is 12.2 Å². The number of nitrogens with one attached hydrogen (secondary N) is 1. The molecule has 0 amide bonds. The monoisotopic (exact) mass is 261 g/mol. The zero-order valence-corrected chi connectivity index (χ0v) is 11.4. The van der Waals surface area contributed by atoms with Gasteiger partial charge in [0.1, 0.15) is 10.5 Å². The van der Waals surface area contributed by atoms with Crippen LogP contribution in [0, 0.1) is 10.5 Å². The van der Waals surface area contributed by atoms with Gasteiger partial charge in [-0.05, 0) is 35.2 Å². The summed E-state index contributed by atoms with van der Waals surface area (Å²) in [5.74, 6) is 0.227. The molecule has 0 saturated heterocycles. The number of halogens is 1. The van der Waals surface area contributed by atoms with Gasteiger partial charge in [-0.1, -0.05) is 44.3 Å². The summed E-state index contributed by atoms with van der Waals surface area (Å²) in [6.07, 6.45) is 0.730. The number of rotatable bonds is 3. The van der Waals surface area contributed by atoms with Crippen molar-refractivity contribution < 1.29 is 4.39 Å². The number of benzene rings is 1. The Morgan fingerprint density at radius 1 is 1.11 bits per heavy atom. The lowest BCUT2D eigenvalue weighted by Crippen LogP contribution is -1.97.